The summed E-state index contributed by atoms with van der Waals surface area (Å²) in [6.07, 6.45) is 5.64. The minimum absolute atomic E-state index is 0.143. The van der Waals surface area contributed by atoms with Crippen LogP contribution in [0.15, 0.2) is 97.5 Å². The number of amides is 1. The van der Waals surface area contributed by atoms with Gasteiger partial charge in [0.2, 0.25) is 0 Å². The molecule has 31 heavy (non-hydrogen) atoms. The van der Waals surface area contributed by atoms with Crippen LogP contribution in [0.4, 0.5) is 0 Å². The Bertz CT molecular complexity index is 1340. The van der Waals surface area contributed by atoms with Gasteiger partial charge < -0.3 is 9.30 Å². The average molecular weight is 407 g/mol. The molecular formula is C25H21N5O. The molecule has 152 valence electrons. The number of carbonyl (C=O) groups excluding carboxylic acids is 1. The first-order valence-corrected chi connectivity index (χ1v) is 10.1. The molecule has 0 saturated heterocycles. The molecule has 0 saturated carbocycles. The van der Waals surface area contributed by atoms with Gasteiger partial charge in [0, 0.05) is 31.2 Å². The first kappa shape index (κ1) is 18.8. The lowest BCUT2D eigenvalue weighted by molar-refractivity contribution is 0.0777. The number of pyridine rings is 2. The smallest absolute Gasteiger partial charge is 0.274 e. The highest BCUT2D eigenvalue weighted by Gasteiger charge is 2.17. The molecule has 6 nitrogen and oxygen atoms in total. The van der Waals surface area contributed by atoms with Gasteiger partial charge in [-0.1, -0.05) is 42.5 Å². The molecule has 0 aliphatic carbocycles. The van der Waals surface area contributed by atoms with Crippen LogP contribution in [0.2, 0.25) is 0 Å². The summed E-state index contributed by atoms with van der Waals surface area (Å²) in [6, 6.07) is 25.9. The molecule has 1 aromatic carbocycles. The van der Waals surface area contributed by atoms with Crippen molar-refractivity contribution in [1.29, 1.82) is 0 Å². The van der Waals surface area contributed by atoms with Crippen LogP contribution in [-0.4, -0.2) is 37.0 Å². The number of benzene rings is 1. The Hall–Kier alpha value is -4.19. The fraction of sp³-hybridized carbons (Fsp3) is 0.0800. The lowest BCUT2D eigenvalue weighted by Gasteiger charge is -2.15. The van der Waals surface area contributed by atoms with Crippen molar-refractivity contribution < 1.29 is 4.79 Å². The van der Waals surface area contributed by atoms with Gasteiger partial charge in [0.15, 0.2) is 5.69 Å². The van der Waals surface area contributed by atoms with Gasteiger partial charge in [-0.15, -0.1) is 0 Å². The summed E-state index contributed by atoms with van der Waals surface area (Å²) >= 11 is 0. The molecule has 1 amide bonds. The lowest BCUT2D eigenvalue weighted by Crippen LogP contribution is -2.27. The molecule has 0 aliphatic heterocycles. The van der Waals surface area contributed by atoms with Crippen LogP contribution in [0.25, 0.3) is 22.5 Å². The highest BCUT2D eigenvalue weighted by Crippen LogP contribution is 2.23. The molecule has 0 atom stereocenters. The monoisotopic (exact) mass is 407 g/mol. The molecule has 5 rings (SSSR count). The topological polar surface area (TPSA) is 55.4 Å². The first-order valence-electron chi connectivity index (χ1n) is 10.1. The maximum atomic E-state index is 12.9. The summed E-state index contributed by atoms with van der Waals surface area (Å²) < 4.78 is 3.82. The van der Waals surface area contributed by atoms with Crippen LogP contribution >= 0.6 is 0 Å². The molecule has 0 unspecified atom stereocenters. The zero-order valence-corrected chi connectivity index (χ0v) is 17.1. The maximum Gasteiger partial charge on any atom is 0.274 e. The lowest BCUT2D eigenvalue weighted by atomic mass is 10.1. The third kappa shape index (κ3) is 3.71. The van der Waals surface area contributed by atoms with Gasteiger partial charge in [0.25, 0.3) is 5.91 Å². The van der Waals surface area contributed by atoms with Crippen LogP contribution in [0.3, 0.4) is 0 Å². The number of aromatic nitrogens is 4. The fourth-order valence-corrected chi connectivity index (χ4v) is 3.64. The summed E-state index contributed by atoms with van der Waals surface area (Å²) in [5.41, 5.74) is 4.56. The highest BCUT2D eigenvalue weighted by atomic mass is 16.2. The molecule has 0 spiro atoms. The third-order valence-electron chi connectivity index (χ3n) is 5.25. The molecule has 0 radical (unpaired) electrons. The van der Waals surface area contributed by atoms with Crippen LogP contribution < -0.4 is 0 Å². The molecule has 6 heteroatoms. The Balaban J connectivity index is 1.43. The Morgan fingerprint density at radius 3 is 2.52 bits per heavy atom. The zero-order valence-electron chi connectivity index (χ0n) is 17.1. The van der Waals surface area contributed by atoms with Crippen molar-refractivity contribution in [3.05, 3.63) is 109 Å². The van der Waals surface area contributed by atoms with Crippen molar-refractivity contribution in [2.24, 2.45) is 0 Å². The van der Waals surface area contributed by atoms with E-state index in [-0.39, 0.29) is 5.91 Å². The highest BCUT2D eigenvalue weighted by molar-refractivity contribution is 5.92. The number of hydrogen-bond donors (Lipinski definition) is 0. The van der Waals surface area contributed by atoms with E-state index in [0.29, 0.717) is 12.2 Å². The van der Waals surface area contributed by atoms with Crippen molar-refractivity contribution in [2.45, 2.75) is 6.54 Å². The van der Waals surface area contributed by atoms with Crippen molar-refractivity contribution in [3.63, 3.8) is 0 Å². The van der Waals surface area contributed by atoms with E-state index in [2.05, 4.69) is 44.9 Å². The van der Waals surface area contributed by atoms with Crippen molar-refractivity contribution in [1.82, 2.24) is 24.1 Å². The molecule has 0 aliphatic rings. The molecule has 4 aromatic heterocycles. The Morgan fingerprint density at radius 2 is 1.71 bits per heavy atom. The zero-order chi connectivity index (χ0) is 21.2. The second kappa shape index (κ2) is 7.91. The van der Waals surface area contributed by atoms with Gasteiger partial charge in [0.1, 0.15) is 5.82 Å². The average Bonchev–Trinajstić information content (AvgIpc) is 3.46. The molecule has 0 N–H and O–H groups in total. The van der Waals surface area contributed by atoms with Crippen LogP contribution in [0.1, 0.15) is 16.2 Å². The second-order valence-corrected chi connectivity index (χ2v) is 7.40. The van der Waals surface area contributed by atoms with Crippen molar-refractivity contribution >= 4 is 11.4 Å². The van der Waals surface area contributed by atoms with E-state index in [4.69, 9.17) is 0 Å². The molecule has 4 heterocycles. The summed E-state index contributed by atoms with van der Waals surface area (Å²) in [6.45, 7) is 0.432. The van der Waals surface area contributed by atoms with E-state index in [1.807, 2.05) is 54.7 Å². The van der Waals surface area contributed by atoms with E-state index >= 15 is 0 Å². The number of hydrogen-bond acceptors (Lipinski definition) is 3. The van der Waals surface area contributed by atoms with Crippen molar-refractivity contribution in [3.8, 4) is 16.9 Å². The summed E-state index contributed by atoms with van der Waals surface area (Å²) in [4.78, 5) is 18.8. The first-order chi connectivity index (χ1) is 15.2. The quantitative estimate of drug-likeness (QED) is 0.432. The van der Waals surface area contributed by atoms with Crippen molar-refractivity contribution in [2.75, 3.05) is 7.05 Å². The molecule has 5 aromatic rings. The SMILES string of the molecule is CN(Cc1ccccn1)C(=O)c1ccn(-c2ccc3ccc(-c4ccccc4)cn23)n1. The molecular weight excluding hydrogens is 386 g/mol. The van der Waals surface area contributed by atoms with Gasteiger partial charge in [0.05, 0.1) is 12.2 Å². The Labute approximate surface area is 180 Å². The predicted octanol–water partition coefficient (Wildman–Crippen LogP) is 4.46. The number of nitrogens with zero attached hydrogens (tertiary/aromatic N) is 5. The second-order valence-electron chi connectivity index (χ2n) is 7.40. The van der Waals surface area contributed by atoms with Gasteiger partial charge in [-0.2, -0.15) is 5.10 Å². The van der Waals surface area contributed by atoms with Gasteiger partial charge in [-0.05, 0) is 47.5 Å². The maximum absolute atomic E-state index is 12.9. The third-order valence-corrected chi connectivity index (χ3v) is 5.25. The molecule has 0 bridgehead atoms. The summed E-state index contributed by atoms with van der Waals surface area (Å²) in [7, 11) is 1.76. The minimum atomic E-state index is -0.143. The van der Waals surface area contributed by atoms with E-state index in [1.54, 1.807) is 28.9 Å². The normalized spacial score (nSPS) is 11.0. The van der Waals surface area contributed by atoms with E-state index in [9.17, 15) is 4.79 Å². The number of carbonyl (C=O) groups is 1. The van der Waals surface area contributed by atoms with Crippen LogP contribution in [0.5, 0.6) is 0 Å². The number of fused-ring (bicyclic) bond motifs is 1. The molecule has 0 fully saturated rings. The largest absolute Gasteiger partial charge is 0.334 e. The van der Waals surface area contributed by atoms with Gasteiger partial charge in [-0.3, -0.25) is 9.78 Å². The van der Waals surface area contributed by atoms with Crippen LogP contribution in [0, 0.1) is 0 Å². The predicted molar refractivity (Wildman–Crippen MR) is 120 cm³/mol. The summed E-state index contributed by atoms with van der Waals surface area (Å²) in [5, 5.41) is 4.55. The standard InChI is InChI=1S/C25H21N5O/c1-28(18-21-9-5-6-15-26-21)25(31)23-14-16-30(27-23)24-13-12-22-11-10-20(17-29(22)24)19-7-3-2-4-8-19/h2-17H,18H2,1H3. The van der Waals surface area contributed by atoms with Crippen LogP contribution in [-0.2, 0) is 6.54 Å². The Kier molecular flexibility index (Phi) is 4.80. The van der Waals surface area contributed by atoms with E-state index in [1.165, 1.54) is 0 Å². The minimum Gasteiger partial charge on any atom is -0.334 e. The van der Waals surface area contributed by atoms with E-state index < -0.39 is 0 Å². The van der Waals surface area contributed by atoms with Gasteiger partial charge >= 0.3 is 0 Å². The Morgan fingerprint density at radius 1 is 0.903 bits per heavy atom. The van der Waals surface area contributed by atoms with E-state index in [0.717, 1.165) is 28.2 Å². The van der Waals surface area contributed by atoms with Gasteiger partial charge in [-0.25, -0.2) is 4.68 Å². The number of rotatable bonds is 5. The summed E-state index contributed by atoms with van der Waals surface area (Å²) in [5.74, 6) is 0.731. The fourth-order valence-electron chi connectivity index (χ4n) is 3.64.